The Balaban J connectivity index is 1.74. The molecule has 2 rings (SSSR count). The number of carbonyl (C=O) groups excluding carboxylic acids is 1. The van der Waals surface area contributed by atoms with Gasteiger partial charge in [-0.1, -0.05) is 31.9 Å². The maximum atomic E-state index is 11.8. The predicted octanol–water partition coefficient (Wildman–Crippen LogP) is 2.62. The summed E-state index contributed by atoms with van der Waals surface area (Å²) in [4.78, 5) is 11.8. The van der Waals surface area contributed by atoms with Gasteiger partial charge in [-0.25, -0.2) is 0 Å². The van der Waals surface area contributed by atoms with Gasteiger partial charge in [-0.15, -0.1) is 0 Å². The van der Waals surface area contributed by atoms with Gasteiger partial charge in [0.05, 0.1) is 0 Å². The van der Waals surface area contributed by atoms with Crippen LogP contribution < -0.4 is 15.4 Å². The highest BCUT2D eigenvalue weighted by Crippen LogP contribution is 2.17. The van der Waals surface area contributed by atoms with Gasteiger partial charge in [0.2, 0.25) is 0 Å². The Morgan fingerprint density at radius 2 is 2.14 bits per heavy atom. The Morgan fingerprint density at radius 3 is 2.90 bits per heavy atom. The molecule has 1 saturated carbocycles. The minimum Gasteiger partial charge on any atom is -0.484 e. The van der Waals surface area contributed by atoms with Crippen LogP contribution in [0.2, 0.25) is 0 Å². The van der Waals surface area contributed by atoms with E-state index in [1.165, 1.54) is 18.4 Å². The van der Waals surface area contributed by atoms with Crippen molar-refractivity contribution in [2.45, 2.75) is 51.6 Å². The quantitative estimate of drug-likeness (QED) is 0.724. The lowest BCUT2D eigenvalue weighted by molar-refractivity contribution is -0.123. The van der Waals surface area contributed by atoms with Crippen molar-refractivity contribution >= 4 is 5.91 Å². The van der Waals surface area contributed by atoms with E-state index in [9.17, 15) is 4.79 Å². The van der Waals surface area contributed by atoms with Crippen molar-refractivity contribution < 1.29 is 9.53 Å². The van der Waals surface area contributed by atoms with Crippen LogP contribution in [0.4, 0.5) is 0 Å². The molecule has 21 heavy (non-hydrogen) atoms. The highest BCUT2D eigenvalue weighted by atomic mass is 16.5. The average molecular weight is 290 g/mol. The van der Waals surface area contributed by atoms with Gasteiger partial charge in [0.1, 0.15) is 5.75 Å². The summed E-state index contributed by atoms with van der Waals surface area (Å²) in [6.07, 6.45) is 5.77. The average Bonchev–Trinajstić information content (AvgIpc) is 2.99. The van der Waals surface area contributed by atoms with Crippen LogP contribution >= 0.6 is 0 Å². The van der Waals surface area contributed by atoms with E-state index in [1.54, 1.807) is 0 Å². The smallest absolute Gasteiger partial charge is 0.258 e. The molecule has 4 heteroatoms. The summed E-state index contributed by atoms with van der Waals surface area (Å²) >= 11 is 0. The summed E-state index contributed by atoms with van der Waals surface area (Å²) in [5.41, 5.74) is 1.18. The summed E-state index contributed by atoms with van der Waals surface area (Å²) in [6.45, 7) is 4.09. The van der Waals surface area contributed by atoms with Gasteiger partial charge in [-0.05, 0) is 43.5 Å². The van der Waals surface area contributed by atoms with E-state index in [-0.39, 0.29) is 12.5 Å². The van der Waals surface area contributed by atoms with E-state index in [1.807, 2.05) is 18.2 Å². The molecule has 1 fully saturated rings. The Kier molecular flexibility index (Phi) is 6.54. The lowest BCUT2D eigenvalue weighted by Gasteiger charge is -2.13. The topological polar surface area (TPSA) is 50.4 Å². The van der Waals surface area contributed by atoms with Crippen LogP contribution in [0.15, 0.2) is 24.3 Å². The molecule has 1 aromatic carbocycles. The number of benzene rings is 1. The zero-order valence-corrected chi connectivity index (χ0v) is 12.9. The van der Waals surface area contributed by atoms with Gasteiger partial charge in [0.15, 0.2) is 6.61 Å². The third kappa shape index (κ3) is 5.76. The molecule has 0 aromatic heterocycles. The number of hydrogen-bond donors (Lipinski definition) is 2. The van der Waals surface area contributed by atoms with Crippen LogP contribution in [-0.4, -0.2) is 25.1 Å². The zero-order valence-electron chi connectivity index (χ0n) is 12.9. The van der Waals surface area contributed by atoms with Crippen LogP contribution in [0.5, 0.6) is 5.75 Å². The van der Waals surface area contributed by atoms with E-state index >= 15 is 0 Å². The molecule has 1 aromatic rings. The molecule has 2 N–H and O–H groups in total. The summed E-state index contributed by atoms with van der Waals surface area (Å²) in [5.74, 6) is 0.740. The number of amides is 1. The van der Waals surface area contributed by atoms with E-state index in [0.29, 0.717) is 6.04 Å². The van der Waals surface area contributed by atoms with Crippen molar-refractivity contribution in [3.05, 3.63) is 29.8 Å². The van der Waals surface area contributed by atoms with E-state index < -0.39 is 0 Å². The minimum atomic E-state index is -0.0172. The SMILES string of the molecule is CCCNCc1cccc(OCC(=O)NC2CCCC2)c1. The standard InChI is InChI=1S/C17H26N2O2/c1-2-10-18-12-14-6-5-9-16(11-14)21-13-17(20)19-15-7-3-4-8-15/h5-6,9,11,15,18H,2-4,7-8,10,12-13H2,1H3,(H,19,20). The Bertz CT molecular complexity index is 442. The van der Waals surface area contributed by atoms with E-state index in [0.717, 1.165) is 38.1 Å². The summed E-state index contributed by atoms with van der Waals surface area (Å²) in [7, 11) is 0. The van der Waals surface area contributed by atoms with Crippen molar-refractivity contribution in [2.75, 3.05) is 13.2 Å². The molecule has 0 saturated heterocycles. The molecule has 0 spiro atoms. The van der Waals surface area contributed by atoms with E-state index in [4.69, 9.17) is 4.74 Å². The minimum absolute atomic E-state index is 0.0172. The van der Waals surface area contributed by atoms with Crippen LogP contribution in [0, 0.1) is 0 Å². The number of hydrogen-bond acceptors (Lipinski definition) is 3. The fourth-order valence-electron chi connectivity index (χ4n) is 2.64. The van der Waals surface area contributed by atoms with Crippen molar-refractivity contribution in [2.24, 2.45) is 0 Å². The lowest BCUT2D eigenvalue weighted by Crippen LogP contribution is -2.36. The highest BCUT2D eigenvalue weighted by molar-refractivity contribution is 5.77. The summed E-state index contributed by atoms with van der Waals surface area (Å²) in [6, 6.07) is 8.27. The van der Waals surface area contributed by atoms with Crippen LogP contribution in [0.3, 0.4) is 0 Å². The van der Waals surface area contributed by atoms with Gasteiger partial charge in [-0.2, -0.15) is 0 Å². The lowest BCUT2D eigenvalue weighted by atomic mass is 10.2. The second kappa shape index (κ2) is 8.67. The first-order valence-electron chi connectivity index (χ1n) is 7.99. The molecular weight excluding hydrogens is 264 g/mol. The second-order valence-corrected chi connectivity index (χ2v) is 5.66. The number of nitrogens with one attached hydrogen (secondary N) is 2. The van der Waals surface area contributed by atoms with Crippen LogP contribution in [0.25, 0.3) is 0 Å². The third-order valence-corrected chi connectivity index (χ3v) is 3.74. The first-order valence-corrected chi connectivity index (χ1v) is 7.99. The molecule has 0 bridgehead atoms. The predicted molar refractivity (Wildman–Crippen MR) is 84.3 cm³/mol. The van der Waals surface area contributed by atoms with Crippen molar-refractivity contribution in [1.29, 1.82) is 0 Å². The molecule has 116 valence electrons. The second-order valence-electron chi connectivity index (χ2n) is 5.66. The van der Waals surface area contributed by atoms with Gasteiger partial charge < -0.3 is 15.4 Å². The normalized spacial score (nSPS) is 15.1. The van der Waals surface area contributed by atoms with Gasteiger partial charge in [0.25, 0.3) is 5.91 Å². The molecule has 0 atom stereocenters. The Hall–Kier alpha value is -1.55. The molecule has 1 aliphatic rings. The monoisotopic (exact) mass is 290 g/mol. The summed E-state index contributed by atoms with van der Waals surface area (Å²) in [5, 5.41) is 6.39. The molecular formula is C17H26N2O2. The molecule has 4 nitrogen and oxygen atoms in total. The molecule has 0 heterocycles. The van der Waals surface area contributed by atoms with Crippen molar-refractivity contribution in [3.63, 3.8) is 0 Å². The van der Waals surface area contributed by atoms with Crippen LogP contribution in [0.1, 0.15) is 44.6 Å². The maximum Gasteiger partial charge on any atom is 0.258 e. The molecule has 1 amide bonds. The molecule has 0 unspecified atom stereocenters. The Labute approximate surface area is 127 Å². The van der Waals surface area contributed by atoms with Crippen LogP contribution in [-0.2, 0) is 11.3 Å². The number of carbonyl (C=O) groups is 1. The first kappa shape index (κ1) is 15.8. The van der Waals surface area contributed by atoms with Crippen molar-refractivity contribution in [3.8, 4) is 5.75 Å². The molecule has 0 aliphatic heterocycles. The van der Waals surface area contributed by atoms with Gasteiger partial charge >= 0.3 is 0 Å². The first-order chi connectivity index (χ1) is 10.3. The highest BCUT2D eigenvalue weighted by Gasteiger charge is 2.17. The number of ether oxygens (including phenoxy) is 1. The fraction of sp³-hybridized carbons (Fsp3) is 0.588. The van der Waals surface area contributed by atoms with Gasteiger partial charge in [0, 0.05) is 12.6 Å². The van der Waals surface area contributed by atoms with E-state index in [2.05, 4.69) is 23.6 Å². The Morgan fingerprint density at radius 1 is 1.33 bits per heavy atom. The molecule has 1 aliphatic carbocycles. The number of rotatable bonds is 8. The maximum absolute atomic E-state index is 11.8. The van der Waals surface area contributed by atoms with Crippen molar-refractivity contribution in [1.82, 2.24) is 10.6 Å². The third-order valence-electron chi connectivity index (χ3n) is 3.74. The van der Waals surface area contributed by atoms with Gasteiger partial charge in [-0.3, -0.25) is 4.79 Å². The summed E-state index contributed by atoms with van der Waals surface area (Å²) < 4.78 is 5.59. The zero-order chi connectivity index (χ0) is 14.9. The largest absolute Gasteiger partial charge is 0.484 e. The fourth-order valence-corrected chi connectivity index (χ4v) is 2.64. The molecule has 0 radical (unpaired) electrons.